The molecule has 5 rings (SSSR count). The van der Waals surface area contributed by atoms with E-state index < -0.39 is 0 Å². The first kappa shape index (κ1) is 19.8. The van der Waals surface area contributed by atoms with Gasteiger partial charge in [0.2, 0.25) is 0 Å². The summed E-state index contributed by atoms with van der Waals surface area (Å²) in [6.07, 6.45) is 1.98. The standard InChI is InChI=1S/C23H23N5O2S/c1-24-21(29)20-16-6-2-3-7-17(16)23(30)28(26-20)14-27-12-10-15(11-13-27)22-25-18-8-4-5-9-19(18)31-22/h2-9,15H,10-14H2,1H3,(H,24,29). The number of rotatable bonds is 4. The third-order valence-electron chi connectivity index (χ3n) is 5.89. The molecular weight excluding hydrogens is 410 g/mol. The number of fused-ring (bicyclic) bond motifs is 2. The van der Waals surface area contributed by atoms with Crippen LogP contribution in [0, 0.1) is 0 Å². The van der Waals surface area contributed by atoms with Crippen molar-refractivity contribution in [3.63, 3.8) is 0 Å². The van der Waals surface area contributed by atoms with Gasteiger partial charge in [-0.05, 0) is 31.0 Å². The summed E-state index contributed by atoms with van der Waals surface area (Å²) in [6.45, 7) is 2.09. The summed E-state index contributed by atoms with van der Waals surface area (Å²) in [5.74, 6) is 0.149. The molecule has 1 N–H and O–H groups in total. The Kier molecular flexibility index (Phi) is 5.25. The molecule has 8 heteroatoms. The second-order valence-corrected chi connectivity index (χ2v) is 8.89. The zero-order valence-corrected chi connectivity index (χ0v) is 18.1. The lowest BCUT2D eigenvalue weighted by Gasteiger charge is -2.31. The zero-order valence-electron chi connectivity index (χ0n) is 17.2. The molecule has 1 aliphatic heterocycles. The molecule has 0 saturated carbocycles. The van der Waals surface area contributed by atoms with Crippen LogP contribution in [0.5, 0.6) is 0 Å². The molecule has 2 aromatic carbocycles. The van der Waals surface area contributed by atoms with Crippen molar-refractivity contribution in [3.05, 3.63) is 69.6 Å². The summed E-state index contributed by atoms with van der Waals surface area (Å²) in [7, 11) is 1.57. The highest BCUT2D eigenvalue weighted by Crippen LogP contribution is 2.33. The van der Waals surface area contributed by atoms with Gasteiger partial charge in [0.15, 0.2) is 5.69 Å². The molecule has 31 heavy (non-hydrogen) atoms. The molecule has 0 atom stereocenters. The Balaban J connectivity index is 1.36. The van der Waals surface area contributed by atoms with E-state index in [0.717, 1.165) is 31.4 Å². The molecule has 0 spiro atoms. The Bertz CT molecular complexity index is 1290. The van der Waals surface area contributed by atoms with Gasteiger partial charge in [-0.15, -0.1) is 11.3 Å². The number of benzene rings is 2. The molecule has 3 heterocycles. The van der Waals surface area contributed by atoms with Crippen LogP contribution >= 0.6 is 11.3 Å². The number of hydrogen-bond acceptors (Lipinski definition) is 6. The van der Waals surface area contributed by atoms with Crippen LogP contribution in [0.4, 0.5) is 0 Å². The van der Waals surface area contributed by atoms with Gasteiger partial charge in [-0.1, -0.05) is 30.3 Å². The van der Waals surface area contributed by atoms with Gasteiger partial charge in [-0.3, -0.25) is 14.5 Å². The highest BCUT2D eigenvalue weighted by atomic mass is 32.1. The lowest BCUT2D eigenvalue weighted by Crippen LogP contribution is -2.39. The number of para-hydroxylation sites is 1. The Hall–Kier alpha value is -3.10. The van der Waals surface area contributed by atoms with Gasteiger partial charge in [0.25, 0.3) is 11.5 Å². The zero-order chi connectivity index (χ0) is 21.4. The molecule has 0 unspecified atom stereocenters. The fraction of sp³-hybridized carbons (Fsp3) is 0.304. The minimum absolute atomic E-state index is 0.170. The second-order valence-electron chi connectivity index (χ2n) is 7.83. The van der Waals surface area contributed by atoms with Crippen LogP contribution in [0.15, 0.2) is 53.3 Å². The van der Waals surface area contributed by atoms with Crippen molar-refractivity contribution in [2.24, 2.45) is 0 Å². The predicted molar refractivity (Wildman–Crippen MR) is 123 cm³/mol. The van der Waals surface area contributed by atoms with E-state index in [-0.39, 0.29) is 17.2 Å². The summed E-state index contributed by atoms with van der Waals surface area (Å²) in [5.41, 5.74) is 1.18. The number of hydrogen-bond donors (Lipinski definition) is 1. The lowest BCUT2D eigenvalue weighted by molar-refractivity contribution is 0.0954. The van der Waals surface area contributed by atoms with Crippen LogP contribution in [-0.4, -0.2) is 45.7 Å². The minimum atomic E-state index is -0.292. The Morgan fingerprint density at radius 2 is 1.81 bits per heavy atom. The Labute approximate surface area is 183 Å². The average Bonchev–Trinajstić information content (AvgIpc) is 3.25. The molecule has 7 nitrogen and oxygen atoms in total. The topological polar surface area (TPSA) is 80.1 Å². The molecule has 158 valence electrons. The van der Waals surface area contributed by atoms with E-state index in [2.05, 4.69) is 27.4 Å². The normalized spacial score (nSPS) is 15.5. The highest BCUT2D eigenvalue weighted by molar-refractivity contribution is 7.18. The van der Waals surface area contributed by atoms with Gasteiger partial charge >= 0.3 is 0 Å². The largest absolute Gasteiger partial charge is 0.354 e. The summed E-state index contributed by atoms with van der Waals surface area (Å²) in [6, 6.07) is 15.4. The van der Waals surface area contributed by atoms with Gasteiger partial charge in [0.1, 0.15) is 0 Å². The number of likely N-dealkylation sites (tertiary alicyclic amines) is 1. The summed E-state index contributed by atoms with van der Waals surface area (Å²) in [5, 5.41) is 9.33. The van der Waals surface area contributed by atoms with E-state index in [9.17, 15) is 9.59 Å². The molecule has 4 aromatic rings. The molecule has 1 aliphatic rings. The predicted octanol–water partition coefficient (Wildman–Crippen LogP) is 3.20. The van der Waals surface area contributed by atoms with E-state index in [4.69, 9.17) is 4.98 Å². The van der Waals surface area contributed by atoms with E-state index in [1.54, 1.807) is 30.5 Å². The van der Waals surface area contributed by atoms with E-state index in [1.165, 1.54) is 14.4 Å². The average molecular weight is 434 g/mol. The van der Waals surface area contributed by atoms with Crippen LogP contribution in [0.3, 0.4) is 0 Å². The number of carbonyl (C=O) groups is 1. The molecule has 1 fully saturated rings. The van der Waals surface area contributed by atoms with Crippen molar-refractivity contribution >= 4 is 38.2 Å². The number of amides is 1. The van der Waals surface area contributed by atoms with Gasteiger partial charge in [-0.25, -0.2) is 9.67 Å². The van der Waals surface area contributed by atoms with Crippen molar-refractivity contribution in [1.82, 2.24) is 25.0 Å². The second kappa shape index (κ2) is 8.20. The van der Waals surface area contributed by atoms with Crippen LogP contribution < -0.4 is 10.9 Å². The third kappa shape index (κ3) is 3.73. The van der Waals surface area contributed by atoms with Gasteiger partial charge in [-0.2, -0.15) is 5.10 Å². The van der Waals surface area contributed by atoms with Crippen molar-refractivity contribution < 1.29 is 4.79 Å². The fourth-order valence-electron chi connectivity index (χ4n) is 4.19. The first-order valence-corrected chi connectivity index (χ1v) is 11.3. The van der Waals surface area contributed by atoms with Gasteiger partial charge in [0.05, 0.1) is 27.3 Å². The third-order valence-corrected chi connectivity index (χ3v) is 7.09. The number of thiazole rings is 1. The molecular formula is C23H23N5O2S. The summed E-state index contributed by atoms with van der Waals surface area (Å²) in [4.78, 5) is 32.4. The fourth-order valence-corrected chi connectivity index (χ4v) is 5.33. The summed E-state index contributed by atoms with van der Waals surface area (Å²) >= 11 is 1.78. The monoisotopic (exact) mass is 433 g/mol. The van der Waals surface area contributed by atoms with Gasteiger partial charge < -0.3 is 5.32 Å². The Morgan fingerprint density at radius 1 is 1.10 bits per heavy atom. The van der Waals surface area contributed by atoms with Gasteiger partial charge in [0, 0.05) is 31.4 Å². The van der Waals surface area contributed by atoms with E-state index in [1.807, 2.05) is 24.3 Å². The minimum Gasteiger partial charge on any atom is -0.354 e. The van der Waals surface area contributed by atoms with Crippen molar-refractivity contribution in [2.45, 2.75) is 25.4 Å². The van der Waals surface area contributed by atoms with Crippen LogP contribution in [0.25, 0.3) is 21.0 Å². The number of piperidine rings is 1. The van der Waals surface area contributed by atoms with Crippen molar-refractivity contribution in [1.29, 1.82) is 0 Å². The molecule has 0 bridgehead atoms. The van der Waals surface area contributed by atoms with Crippen LogP contribution in [0.1, 0.15) is 34.3 Å². The van der Waals surface area contributed by atoms with Crippen molar-refractivity contribution in [2.75, 3.05) is 20.1 Å². The number of carbonyl (C=O) groups excluding carboxylic acids is 1. The molecule has 1 saturated heterocycles. The maximum atomic E-state index is 13.0. The molecule has 1 amide bonds. The number of aromatic nitrogens is 3. The number of nitrogens with zero attached hydrogens (tertiary/aromatic N) is 4. The lowest BCUT2D eigenvalue weighted by atomic mass is 9.98. The first-order chi connectivity index (χ1) is 15.1. The number of nitrogens with one attached hydrogen (secondary N) is 1. The molecule has 2 aromatic heterocycles. The summed E-state index contributed by atoms with van der Waals surface area (Å²) < 4.78 is 2.65. The van der Waals surface area contributed by atoms with Crippen LogP contribution in [0.2, 0.25) is 0 Å². The first-order valence-electron chi connectivity index (χ1n) is 10.4. The smallest absolute Gasteiger partial charge is 0.275 e. The highest BCUT2D eigenvalue weighted by Gasteiger charge is 2.24. The molecule has 0 aliphatic carbocycles. The quantitative estimate of drug-likeness (QED) is 0.535. The maximum Gasteiger partial charge on any atom is 0.275 e. The molecule has 0 radical (unpaired) electrons. The maximum absolute atomic E-state index is 13.0. The van der Waals surface area contributed by atoms with Crippen molar-refractivity contribution in [3.8, 4) is 0 Å². The van der Waals surface area contributed by atoms with E-state index >= 15 is 0 Å². The van der Waals surface area contributed by atoms with E-state index in [0.29, 0.717) is 23.4 Å². The van der Waals surface area contributed by atoms with Crippen LogP contribution in [-0.2, 0) is 6.67 Å². The Morgan fingerprint density at radius 3 is 2.55 bits per heavy atom. The SMILES string of the molecule is CNC(=O)c1nn(CN2CCC(c3nc4ccccc4s3)CC2)c(=O)c2ccccc12.